The van der Waals surface area contributed by atoms with Crippen LogP contribution in [0, 0.1) is 0 Å². The minimum atomic E-state index is -0.200. The van der Waals surface area contributed by atoms with Crippen LogP contribution in [0.5, 0.6) is 5.75 Å². The van der Waals surface area contributed by atoms with Crippen molar-refractivity contribution in [2.24, 2.45) is 0 Å². The maximum absolute atomic E-state index is 11.5. The van der Waals surface area contributed by atoms with Gasteiger partial charge in [0.1, 0.15) is 5.75 Å². The van der Waals surface area contributed by atoms with E-state index in [1.165, 1.54) is 6.92 Å². The zero-order valence-electron chi connectivity index (χ0n) is 13.1. The summed E-state index contributed by atoms with van der Waals surface area (Å²) in [5, 5.41) is 0. The van der Waals surface area contributed by atoms with E-state index in [2.05, 4.69) is 0 Å². The van der Waals surface area contributed by atoms with E-state index in [1.807, 2.05) is 18.0 Å². The van der Waals surface area contributed by atoms with Crippen molar-refractivity contribution in [1.29, 1.82) is 0 Å². The van der Waals surface area contributed by atoms with Gasteiger partial charge in [-0.15, -0.1) is 0 Å². The van der Waals surface area contributed by atoms with Gasteiger partial charge in [-0.1, -0.05) is 0 Å². The van der Waals surface area contributed by atoms with E-state index in [0.717, 1.165) is 11.3 Å². The Labute approximate surface area is 125 Å². The summed E-state index contributed by atoms with van der Waals surface area (Å²) in [6.07, 6.45) is 0.346. The van der Waals surface area contributed by atoms with E-state index < -0.39 is 0 Å². The van der Waals surface area contributed by atoms with E-state index in [4.69, 9.17) is 9.47 Å². The van der Waals surface area contributed by atoms with Crippen molar-refractivity contribution in [2.45, 2.75) is 26.8 Å². The molecule has 0 saturated heterocycles. The predicted octanol–water partition coefficient (Wildman–Crippen LogP) is 2.28. The molecule has 0 unspecified atom stereocenters. The Bertz CT molecular complexity index is 499. The predicted molar refractivity (Wildman–Crippen MR) is 80.6 cm³/mol. The third kappa shape index (κ3) is 5.55. The molecule has 0 saturated carbocycles. The normalized spacial score (nSPS) is 10.5. The van der Waals surface area contributed by atoms with Crippen LogP contribution in [-0.2, 0) is 16.1 Å². The van der Waals surface area contributed by atoms with Crippen LogP contribution in [0.2, 0.25) is 0 Å². The highest BCUT2D eigenvalue weighted by molar-refractivity contribution is 5.94. The van der Waals surface area contributed by atoms with Crippen LogP contribution in [0.3, 0.4) is 0 Å². The first-order valence-corrected chi connectivity index (χ1v) is 7.00. The molecule has 0 aliphatic carbocycles. The molecule has 0 aliphatic heterocycles. The lowest BCUT2D eigenvalue weighted by molar-refractivity contribution is -0.143. The van der Waals surface area contributed by atoms with Crippen molar-refractivity contribution in [3.63, 3.8) is 0 Å². The number of Topliss-reactive ketones (excluding diaryl/α,β-unsaturated/α-hetero) is 1. The van der Waals surface area contributed by atoms with Crippen LogP contribution in [0.15, 0.2) is 18.2 Å². The average Bonchev–Trinajstić information content (AvgIpc) is 2.45. The highest BCUT2D eigenvalue weighted by Gasteiger charge is 2.11. The Hall–Kier alpha value is -1.88. The van der Waals surface area contributed by atoms with E-state index in [9.17, 15) is 9.59 Å². The topological polar surface area (TPSA) is 55.8 Å². The van der Waals surface area contributed by atoms with Gasteiger partial charge in [-0.3, -0.25) is 9.59 Å². The van der Waals surface area contributed by atoms with Gasteiger partial charge >= 0.3 is 5.97 Å². The van der Waals surface area contributed by atoms with E-state index in [-0.39, 0.29) is 11.8 Å². The molecule has 0 bridgehead atoms. The van der Waals surface area contributed by atoms with Crippen molar-refractivity contribution in [3.05, 3.63) is 29.3 Å². The molecule has 0 spiro atoms. The Morgan fingerprint density at radius 2 is 2.00 bits per heavy atom. The smallest absolute Gasteiger partial charge is 0.307 e. The zero-order valence-corrected chi connectivity index (χ0v) is 13.1. The molecule has 5 nitrogen and oxygen atoms in total. The number of hydrogen-bond donors (Lipinski definition) is 0. The molecule has 116 valence electrons. The molecule has 0 aliphatic rings. The van der Waals surface area contributed by atoms with Crippen molar-refractivity contribution in [1.82, 2.24) is 4.90 Å². The summed E-state index contributed by atoms with van der Waals surface area (Å²) in [6, 6.07) is 5.39. The number of esters is 1. The van der Waals surface area contributed by atoms with Gasteiger partial charge in [0.25, 0.3) is 0 Å². The quantitative estimate of drug-likeness (QED) is 0.543. The molecule has 21 heavy (non-hydrogen) atoms. The molecule has 1 aromatic rings. The third-order valence-corrected chi connectivity index (χ3v) is 3.13. The van der Waals surface area contributed by atoms with Gasteiger partial charge in [-0.25, -0.2) is 0 Å². The SMILES string of the molecule is CCOC(=O)CCN(C)Cc1cc(C(C)=O)ccc1OC. The maximum atomic E-state index is 11.5. The summed E-state index contributed by atoms with van der Waals surface area (Å²) in [7, 11) is 3.52. The van der Waals surface area contributed by atoms with Crippen LogP contribution in [-0.4, -0.2) is 44.0 Å². The van der Waals surface area contributed by atoms with Gasteiger partial charge in [0.2, 0.25) is 0 Å². The lowest BCUT2D eigenvalue weighted by Gasteiger charge is -2.18. The Morgan fingerprint density at radius 1 is 1.29 bits per heavy atom. The third-order valence-electron chi connectivity index (χ3n) is 3.13. The van der Waals surface area contributed by atoms with Crippen molar-refractivity contribution in [2.75, 3.05) is 27.3 Å². The summed E-state index contributed by atoms with van der Waals surface area (Å²) in [5.41, 5.74) is 1.58. The molecule has 0 atom stereocenters. The first-order chi connectivity index (χ1) is 9.97. The fourth-order valence-electron chi connectivity index (χ4n) is 2.01. The second-order valence-electron chi connectivity index (χ2n) is 4.88. The minimum Gasteiger partial charge on any atom is -0.496 e. The highest BCUT2D eigenvalue weighted by atomic mass is 16.5. The summed E-state index contributed by atoms with van der Waals surface area (Å²) >= 11 is 0. The fourth-order valence-corrected chi connectivity index (χ4v) is 2.01. The van der Waals surface area contributed by atoms with Gasteiger partial charge < -0.3 is 14.4 Å². The lowest BCUT2D eigenvalue weighted by Crippen LogP contribution is -2.22. The molecule has 0 fully saturated rings. The first kappa shape index (κ1) is 17.2. The molecule has 0 aromatic heterocycles. The second-order valence-corrected chi connectivity index (χ2v) is 4.88. The molecule has 5 heteroatoms. The van der Waals surface area contributed by atoms with Gasteiger partial charge in [0.05, 0.1) is 20.1 Å². The van der Waals surface area contributed by atoms with Gasteiger partial charge in [-0.05, 0) is 39.1 Å². The average molecular weight is 293 g/mol. The Balaban J connectivity index is 2.69. The molecule has 0 amide bonds. The summed E-state index contributed by atoms with van der Waals surface area (Å²) in [5.74, 6) is 0.560. The molecule has 0 N–H and O–H groups in total. The van der Waals surface area contributed by atoms with Gasteiger partial charge in [0, 0.05) is 24.2 Å². The molecular formula is C16H23NO4. The molecular weight excluding hydrogens is 270 g/mol. The lowest BCUT2D eigenvalue weighted by atomic mass is 10.1. The van der Waals surface area contributed by atoms with Crippen molar-refractivity contribution >= 4 is 11.8 Å². The van der Waals surface area contributed by atoms with Gasteiger partial charge in [-0.2, -0.15) is 0 Å². The maximum Gasteiger partial charge on any atom is 0.307 e. The number of ketones is 1. The number of nitrogens with zero attached hydrogens (tertiary/aromatic N) is 1. The second kappa shape index (κ2) is 8.42. The minimum absolute atomic E-state index is 0.0214. The van der Waals surface area contributed by atoms with Crippen LogP contribution in [0.25, 0.3) is 0 Å². The van der Waals surface area contributed by atoms with E-state index in [0.29, 0.717) is 31.7 Å². The van der Waals surface area contributed by atoms with Crippen molar-refractivity contribution < 1.29 is 19.1 Å². The number of methoxy groups -OCH3 is 1. The molecule has 1 rings (SSSR count). The zero-order chi connectivity index (χ0) is 15.8. The number of carbonyl (C=O) groups excluding carboxylic acids is 2. The van der Waals surface area contributed by atoms with E-state index in [1.54, 1.807) is 26.2 Å². The van der Waals surface area contributed by atoms with Crippen molar-refractivity contribution in [3.8, 4) is 5.75 Å². The fraction of sp³-hybridized carbons (Fsp3) is 0.500. The molecule has 1 aromatic carbocycles. The highest BCUT2D eigenvalue weighted by Crippen LogP contribution is 2.21. The first-order valence-electron chi connectivity index (χ1n) is 7.00. The number of carbonyl (C=O) groups is 2. The monoisotopic (exact) mass is 293 g/mol. The number of ether oxygens (including phenoxy) is 2. The van der Waals surface area contributed by atoms with E-state index >= 15 is 0 Å². The number of rotatable bonds is 8. The Kier molecular flexibility index (Phi) is 6.88. The largest absolute Gasteiger partial charge is 0.496 e. The van der Waals surface area contributed by atoms with Crippen LogP contribution >= 0.6 is 0 Å². The van der Waals surface area contributed by atoms with Gasteiger partial charge in [0.15, 0.2) is 5.78 Å². The van der Waals surface area contributed by atoms with Crippen LogP contribution in [0.1, 0.15) is 36.2 Å². The standard InChI is InChI=1S/C16H23NO4/c1-5-21-16(19)8-9-17(3)11-14-10-13(12(2)18)6-7-15(14)20-4/h6-7,10H,5,8-9,11H2,1-4H3. The van der Waals surface area contributed by atoms with Crippen LogP contribution in [0.4, 0.5) is 0 Å². The summed E-state index contributed by atoms with van der Waals surface area (Å²) in [4.78, 5) is 24.8. The molecule has 0 heterocycles. The summed E-state index contributed by atoms with van der Waals surface area (Å²) < 4.78 is 10.2. The van der Waals surface area contributed by atoms with Crippen LogP contribution < -0.4 is 4.74 Å². The Morgan fingerprint density at radius 3 is 2.57 bits per heavy atom. The number of hydrogen-bond acceptors (Lipinski definition) is 5. The molecule has 0 radical (unpaired) electrons. The summed E-state index contributed by atoms with van der Waals surface area (Å²) in [6.45, 7) is 4.92. The number of benzene rings is 1.